The number of methoxy groups -OCH3 is 1. The van der Waals surface area contributed by atoms with Crippen LogP contribution >= 0.6 is 0 Å². The highest BCUT2D eigenvalue weighted by molar-refractivity contribution is 5.45. The lowest BCUT2D eigenvalue weighted by Gasteiger charge is -2.20. The van der Waals surface area contributed by atoms with Crippen molar-refractivity contribution in [3.63, 3.8) is 0 Å². The van der Waals surface area contributed by atoms with Gasteiger partial charge in [0.1, 0.15) is 5.69 Å². The Morgan fingerprint density at radius 1 is 1.24 bits per heavy atom. The molecule has 4 heteroatoms. The Balaban J connectivity index is 2.54. The second kappa shape index (κ2) is 6.31. The van der Waals surface area contributed by atoms with Gasteiger partial charge in [-0.3, -0.25) is 4.68 Å². The minimum absolute atomic E-state index is 0.227. The first kappa shape index (κ1) is 15.6. The van der Waals surface area contributed by atoms with E-state index in [2.05, 4.69) is 44.9 Å². The molecule has 0 amide bonds. The van der Waals surface area contributed by atoms with E-state index in [1.807, 2.05) is 4.68 Å². The highest BCUT2D eigenvalue weighted by Gasteiger charge is 2.23. The van der Waals surface area contributed by atoms with Gasteiger partial charge in [0.15, 0.2) is 5.75 Å². The van der Waals surface area contributed by atoms with Crippen LogP contribution in [0.2, 0.25) is 0 Å². The minimum Gasteiger partial charge on any atom is -0.493 e. The zero-order valence-corrected chi connectivity index (χ0v) is 13.6. The lowest BCUT2D eigenvalue weighted by molar-refractivity contribution is 0.403. The van der Waals surface area contributed by atoms with E-state index in [1.165, 1.54) is 16.7 Å². The molecule has 2 N–H and O–H groups in total. The number of nitrogens with zero attached hydrogens (tertiary/aromatic N) is 2. The summed E-state index contributed by atoms with van der Waals surface area (Å²) in [4.78, 5) is 0. The first-order valence-corrected chi connectivity index (χ1v) is 7.42. The maximum atomic E-state index is 6.58. The highest BCUT2D eigenvalue weighted by Crippen LogP contribution is 2.32. The van der Waals surface area contributed by atoms with Gasteiger partial charge >= 0.3 is 0 Å². The standard InChI is InChI=1S/C17H25N3O/c1-6-7-20-17(14(21-5)10-19-20)16(18)15-12(3)8-11(2)9-13(15)4/h8-10,16H,6-7,18H2,1-5H3. The molecule has 2 aromatic rings. The van der Waals surface area contributed by atoms with Gasteiger partial charge in [0.2, 0.25) is 0 Å². The van der Waals surface area contributed by atoms with Crippen molar-refractivity contribution in [3.8, 4) is 5.75 Å². The number of hydrogen-bond acceptors (Lipinski definition) is 3. The van der Waals surface area contributed by atoms with E-state index in [1.54, 1.807) is 13.3 Å². The second-order valence-electron chi connectivity index (χ2n) is 5.61. The molecule has 4 nitrogen and oxygen atoms in total. The van der Waals surface area contributed by atoms with Crippen LogP contribution in [0.15, 0.2) is 18.3 Å². The number of aromatic nitrogens is 2. The first-order chi connectivity index (χ1) is 9.99. The fourth-order valence-electron chi connectivity index (χ4n) is 3.06. The Hall–Kier alpha value is -1.81. The van der Waals surface area contributed by atoms with Crippen molar-refractivity contribution in [2.45, 2.75) is 46.7 Å². The smallest absolute Gasteiger partial charge is 0.161 e. The SMILES string of the molecule is CCCn1ncc(OC)c1C(N)c1c(C)cc(C)cc1C. The zero-order chi connectivity index (χ0) is 15.6. The van der Waals surface area contributed by atoms with Crippen LogP contribution in [0.25, 0.3) is 0 Å². The average molecular weight is 287 g/mol. The summed E-state index contributed by atoms with van der Waals surface area (Å²) in [5, 5.41) is 4.41. The van der Waals surface area contributed by atoms with Crippen molar-refractivity contribution in [2.24, 2.45) is 5.73 Å². The van der Waals surface area contributed by atoms with Gasteiger partial charge in [-0.1, -0.05) is 24.6 Å². The summed E-state index contributed by atoms with van der Waals surface area (Å²) < 4.78 is 7.42. The maximum absolute atomic E-state index is 6.58. The molecule has 0 bridgehead atoms. The van der Waals surface area contributed by atoms with Gasteiger partial charge in [0, 0.05) is 6.54 Å². The fraction of sp³-hybridized carbons (Fsp3) is 0.471. The maximum Gasteiger partial charge on any atom is 0.161 e. The molecule has 1 aromatic carbocycles. The average Bonchev–Trinajstić information content (AvgIpc) is 2.80. The van der Waals surface area contributed by atoms with Crippen molar-refractivity contribution < 1.29 is 4.74 Å². The molecule has 0 radical (unpaired) electrons. The van der Waals surface area contributed by atoms with Crippen LogP contribution in [0, 0.1) is 20.8 Å². The van der Waals surface area contributed by atoms with E-state index >= 15 is 0 Å². The largest absolute Gasteiger partial charge is 0.493 e. The third-order valence-electron chi connectivity index (χ3n) is 3.84. The molecule has 0 saturated heterocycles. The number of aryl methyl sites for hydroxylation is 4. The van der Waals surface area contributed by atoms with Crippen LogP contribution in [0.1, 0.15) is 47.3 Å². The molecule has 0 fully saturated rings. The van der Waals surface area contributed by atoms with Gasteiger partial charge < -0.3 is 10.5 Å². The van der Waals surface area contributed by atoms with Crippen LogP contribution in [0.5, 0.6) is 5.75 Å². The van der Waals surface area contributed by atoms with Crippen LogP contribution in [0.4, 0.5) is 0 Å². The topological polar surface area (TPSA) is 53.1 Å². The molecule has 0 aliphatic rings. The third-order valence-corrected chi connectivity index (χ3v) is 3.84. The Kier molecular flexibility index (Phi) is 4.68. The fourth-order valence-corrected chi connectivity index (χ4v) is 3.06. The monoisotopic (exact) mass is 287 g/mol. The van der Waals surface area contributed by atoms with E-state index in [4.69, 9.17) is 10.5 Å². The van der Waals surface area contributed by atoms with E-state index in [9.17, 15) is 0 Å². The summed E-state index contributed by atoms with van der Waals surface area (Å²) in [6.07, 6.45) is 2.76. The van der Waals surface area contributed by atoms with Gasteiger partial charge in [-0.2, -0.15) is 5.10 Å². The number of nitrogens with two attached hydrogens (primary N) is 1. The summed E-state index contributed by atoms with van der Waals surface area (Å²) in [7, 11) is 1.67. The molecule has 0 aliphatic heterocycles. The zero-order valence-electron chi connectivity index (χ0n) is 13.6. The quantitative estimate of drug-likeness (QED) is 0.918. The normalized spacial score (nSPS) is 12.5. The molecular formula is C17H25N3O. The molecule has 2 rings (SSSR count). The summed E-state index contributed by atoms with van der Waals surface area (Å²) in [5.41, 5.74) is 12.4. The molecule has 1 atom stereocenters. The van der Waals surface area contributed by atoms with E-state index in [0.29, 0.717) is 0 Å². The number of rotatable bonds is 5. The van der Waals surface area contributed by atoms with Crippen LogP contribution in [-0.2, 0) is 6.54 Å². The van der Waals surface area contributed by atoms with Gasteiger partial charge in [0.25, 0.3) is 0 Å². The molecule has 114 valence electrons. The number of benzene rings is 1. The van der Waals surface area contributed by atoms with E-state index < -0.39 is 0 Å². The van der Waals surface area contributed by atoms with Crippen molar-refractivity contribution in [3.05, 3.63) is 46.3 Å². The summed E-state index contributed by atoms with van der Waals surface area (Å²) >= 11 is 0. The van der Waals surface area contributed by atoms with Gasteiger partial charge in [-0.15, -0.1) is 0 Å². The van der Waals surface area contributed by atoms with Crippen molar-refractivity contribution >= 4 is 0 Å². The second-order valence-corrected chi connectivity index (χ2v) is 5.61. The van der Waals surface area contributed by atoms with E-state index in [0.717, 1.165) is 30.0 Å². The van der Waals surface area contributed by atoms with Gasteiger partial charge in [-0.05, 0) is 43.9 Å². The summed E-state index contributed by atoms with van der Waals surface area (Å²) in [5.74, 6) is 0.760. The van der Waals surface area contributed by atoms with E-state index in [-0.39, 0.29) is 6.04 Å². The molecular weight excluding hydrogens is 262 g/mol. The number of ether oxygens (including phenoxy) is 1. The molecule has 0 saturated carbocycles. The molecule has 1 heterocycles. The Morgan fingerprint density at radius 3 is 2.38 bits per heavy atom. The predicted octanol–water partition coefficient (Wildman–Crippen LogP) is 3.28. The molecule has 0 spiro atoms. The molecule has 1 aromatic heterocycles. The summed E-state index contributed by atoms with van der Waals surface area (Å²) in [6, 6.07) is 4.12. The van der Waals surface area contributed by atoms with Gasteiger partial charge in [-0.25, -0.2) is 0 Å². The van der Waals surface area contributed by atoms with Crippen molar-refractivity contribution in [2.75, 3.05) is 7.11 Å². The Morgan fingerprint density at radius 2 is 1.86 bits per heavy atom. The lowest BCUT2D eigenvalue weighted by Crippen LogP contribution is -2.20. The molecule has 1 unspecified atom stereocenters. The third kappa shape index (κ3) is 2.95. The lowest BCUT2D eigenvalue weighted by atomic mass is 9.92. The Bertz CT molecular complexity index is 608. The van der Waals surface area contributed by atoms with Crippen LogP contribution in [-0.4, -0.2) is 16.9 Å². The van der Waals surface area contributed by atoms with Crippen molar-refractivity contribution in [1.82, 2.24) is 9.78 Å². The molecule has 0 aliphatic carbocycles. The first-order valence-electron chi connectivity index (χ1n) is 7.42. The highest BCUT2D eigenvalue weighted by atomic mass is 16.5. The minimum atomic E-state index is -0.227. The predicted molar refractivity (Wildman–Crippen MR) is 85.8 cm³/mol. The number of hydrogen-bond donors (Lipinski definition) is 1. The molecule has 21 heavy (non-hydrogen) atoms. The van der Waals surface area contributed by atoms with Crippen LogP contribution in [0.3, 0.4) is 0 Å². The van der Waals surface area contributed by atoms with Crippen molar-refractivity contribution in [1.29, 1.82) is 0 Å². The van der Waals surface area contributed by atoms with Gasteiger partial charge in [0.05, 0.1) is 19.3 Å². The van der Waals surface area contributed by atoms with Crippen LogP contribution < -0.4 is 10.5 Å². The summed E-state index contributed by atoms with van der Waals surface area (Å²) in [6.45, 7) is 9.31. The Labute approximate surface area is 126 Å².